The number of benzene rings is 2. The second-order valence-electron chi connectivity index (χ2n) is 4.28. The van der Waals surface area contributed by atoms with Gasteiger partial charge in [-0.05, 0) is 42.8 Å². The molecule has 0 saturated carbocycles. The molecule has 2 aromatic rings. The molecule has 2 aromatic carbocycles. The minimum atomic E-state index is -0.511. The predicted molar refractivity (Wildman–Crippen MR) is 79.4 cm³/mol. The Hall–Kier alpha value is -1.88. The molecule has 0 aromatic heterocycles. The van der Waals surface area contributed by atoms with Crippen LogP contribution in [-0.2, 0) is 4.79 Å². The number of aryl methyl sites for hydroxylation is 1. The first-order chi connectivity index (χ1) is 9.54. The lowest BCUT2D eigenvalue weighted by Crippen LogP contribution is -2.20. The highest BCUT2D eigenvalue weighted by molar-refractivity contribution is 9.10. The molecule has 0 spiro atoms. The number of carbonyl (C=O) groups is 1. The summed E-state index contributed by atoms with van der Waals surface area (Å²) in [6.45, 7) is 1.69. The van der Waals surface area contributed by atoms with E-state index >= 15 is 0 Å². The Morgan fingerprint density at radius 2 is 2.10 bits per heavy atom. The van der Waals surface area contributed by atoms with Crippen molar-refractivity contribution < 1.29 is 13.9 Å². The van der Waals surface area contributed by atoms with E-state index in [9.17, 15) is 9.18 Å². The monoisotopic (exact) mass is 337 g/mol. The number of ether oxygens (including phenoxy) is 1. The third-order valence-corrected chi connectivity index (χ3v) is 3.05. The molecule has 0 bridgehead atoms. The fourth-order valence-corrected chi connectivity index (χ4v) is 1.99. The molecule has 0 aliphatic heterocycles. The smallest absolute Gasteiger partial charge is 0.262 e. The van der Waals surface area contributed by atoms with Crippen molar-refractivity contribution in [2.24, 2.45) is 0 Å². The quantitative estimate of drug-likeness (QED) is 0.918. The van der Waals surface area contributed by atoms with Crippen molar-refractivity contribution in [1.82, 2.24) is 0 Å². The van der Waals surface area contributed by atoms with E-state index in [4.69, 9.17) is 4.74 Å². The molecule has 5 heteroatoms. The Balaban J connectivity index is 1.92. The zero-order chi connectivity index (χ0) is 14.5. The molecule has 3 nitrogen and oxygen atoms in total. The van der Waals surface area contributed by atoms with Crippen LogP contribution in [0.3, 0.4) is 0 Å². The molecule has 0 heterocycles. The summed E-state index contributed by atoms with van der Waals surface area (Å²) in [5, 5.41) is 2.69. The number of amides is 1. The van der Waals surface area contributed by atoms with Gasteiger partial charge in [-0.25, -0.2) is 4.39 Å². The predicted octanol–water partition coefficient (Wildman–Crippen LogP) is 3.91. The molecule has 0 aliphatic carbocycles. The van der Waals surface area contributed by atoms with E-state index in [1.807, 2.05) is 25.1 Å². The Morgan fingerprint density at radius 1 is 1.30 bits per heavy atom. The van der Waals surface area contributed by atoms with Crippen LogP contribution in [0.1, 0.15) is 5.56 Å². The summed E-state index contributed by atoms with van der Waals surface area (Å²) in [6.07, 6.45) is 0. The maximum atomic E-state index is 13.5. The lowest BCUT2D eigenvalue weighted by Gasteiger charge is -2.08. The van der Waals surface area contributed by atoms with Crippen molar-refractivity contribution in [3.63, 3.8) is 0 Å². The van der Waals surface area contributed by atoms with Crippen molar-refractivity contribution in [1.29, 1.82) is 0 Å². The molecule has 1 amide bonds. The van der Waals surface area contributed by atoms with Gasteiger partial charge in [0.25, 0.3) is 5.91 Å². The van der Waals surface area contributed by atoms with Crippen molar-refractivity contribution in [2.45, 2.75) is 6.92 Å². The number of halogens is 2. The first-order valence-electron chi connectivity index (χ1n) is 5.99. The normalized spacial score (nSPS) is 10.2. The third kappa shape index (κ3) is 4.06. The average Bonchev–Trinajstić information content (AvgIpc) is 2.37. The highest BCUT2D eigenvalue weighted by Crippen LogP contribution is 2.21. The average molecular weight is 338 g/mol. The van der Waals surface area contributed by atoms with Gasteiger partial charge in [0.15, 0.2) is 18.2 Å². The highest BCUT2D eigenvalue weighted by atomic mass is 79.9. The summed E-state index contributed by atoms with van der Waals surface area (Å²) in [5.74, 6) is -0.798. The summed E-state index contributed by atoms with van der Waals surface area (Å²) >= 11 is 3.15. The van der Waals surface area contributed by atoms with Crippen LogP contribution in [0.4, 0.5) is 10.1 Å². The molecule has 0 atom stereocenters. The number of hydrogen-bond donors (Lipinski definition) is 1. The fourth-order valence-electron chi connectivity index (χ4n) is 1.66. The lowest BCUT2D eigenvalue weighted by atomic mass is 10.2. The summed E-state index contributed by atoms with van der Waals surface area (Å²) in [5.41, 5.74) is 1.73. The lowest BCUT2D eigenvalue weighted by molar-refractivity contribution is -0.118. The van der Waals surface area contributed by atoms with Crippen LogP contribution in [0.5, 0.6) is 5.75 Å². The van der Waals surface area contributed by atoms with Gasteiger partial charge in [-0.3, -0.25) is 4.79 Å². The van der Waals surface area contributed by atoms with Gasteiger partial charge in [0.1, 0.15) is 0 Å². The number of nitrogens with one attached hydrogen (secondary N) is 1. The van der Waals surface area contributed by atoms with Crippen molar-refractivity contribution in [3.8, 4) is 5.75 Å². The Morgan fingerprint density at radius 3 is 2.80 bits per heavy atom. The number of carbonyl (C=O) groups excluding carboxylic acids is 1. The molecular weight excluding hydrogens is 325 g/mol. The first kappa shape index (κ1) is 14.5. The SMILES string of the molecule is Cc1cccc(NC(=O)COc2ccc(Br)cc2F)c1. The number of hydrogen-bond acceptors (Lipinski definition) is 2. The molecule has 0 aliphatic rings. The van der Waals surface area contributed by atoms with E-state index in [1.165, 1.54) is 12.1 Å². The Labute approximate surface area is 124 Å². The molecule has 1 N–H and O–H groups in total. The third-order valence-electron chi connectivity index (χ3n) is 2.55. The van der Waals surface area contributed by atoms with Crippen LogP contribution in [-0.4, -0.2) is 12.5 Å². The van der Waals surface area contributed by atoms with Crippen LogP contribution in [0.2, 0.25) is 0 Å². The van der Waals surface area contributed by atoms with Crippen molar-refractivity contribution in [2.75, 3.05) is 11.9 Å². The van der Waals surface area contributed by atoms with Crippen LogP contribution < -0.4 is 10.1 Å². The summed E-state index contributed by atoms with van der Waals surface area (Å²) < 4.78 is 19.3. The van der Waals surface area contributed by atoms with E-state index in [-0.39, 0.29) is 18.3 Å². The van der Waals surface area contributed by atoms with Crippen molar-refractivity contribution in [3.05, 3.63) is 58.3 Å². The van der Waals surface area contributed by atoms with E-state index in [0.717, 1.165) is 5.56 Å². The van der Waals surface area contributed by atoms with Crippen LogP contribution in [0, 0.1) is 12.7 Å². The van der Waals surface area contributed by atoms with E-state index in [1.54, 1.807) is 12.1 Å². The van der Waals surface area contributed by atoms with Gasteiger partial charge in [0, 0.05) is 10.2 Å². The van der Waals surface area contributed by atoms with Crippen molar-refractivity contribution >= 4 is 27.5 Å². The summed E-state index contributed by atoms with van der Waals surface area (Å²) in [4.78, 5) is 11.7. The highest BCUT2D eigenvalue weighted by Gasteiger charge is 2.07. The van der Waals surface area contributed by atoms with E-state index < -0.39 is 5.82 Å². The van der Waals surface area contributed by atoms with Gasteiger partial charge in [0.05, 0.1) is 0 Å². The maximum Gasteiger partial charge on any atom is 0.262 e. The van der Waals surface area contributed by atoms with Gasteiger partial charge in [-0.2, -0.15) is 0 Å². The molecule has 0 radical (unpaired) electrons. The number of rotatable bonds is 4. The second-order valence-corrected chi connectivity index (χ2v) is 5.20. The Bertz CT molecular complexity index is 631. The molecule has 104 valence electrons. The van der Waals surface area contributed by atoms with Gasteiger partial charge < -0.3 is 10.1 Å². The van der Waals surface area contributed by atoms with E-state index in [0.29, 0.717) is 10.2 Å². The van der Waals surface area contributed by atoms with Crippen LogP contribution >= 0.6 is 15.9 Å². The molecular formula is C15H13BrFNO2. The van der Waals surface area contributed by atoms with E-state index in [2.05, 4.69) is 21.2 Å². The first-order valence-corrected chi connectivity index (χ1v) is 6.78. The topological polar surface area (TPSA) is 38.3 Å². The number of anilines is 1. The minimum Gasteiger partial charge on any atom is -0.481 e. The van der Waals surface area contributed by atoms with Gasteiger partial charge in [-0.1, -0.05) is 28.1 Å². The summed E-state index contributed by atoms with van der Waals surface area (Å²) in [6, 6.07) is 11.8. The van der Waals surface area contributed by atoms with Gasteiger partial charge in [-0.15, -0.1) is 0 Å². The summed E-state index contributed by atoms with van der Waals surface area (Å²) in [7, 11) is 0. The van der Waals surface area contributed by atoms with Crippen LogP contribution in [0.25, 0.3) is 0 Å². The maximum absolute atomic E-state index is 13.5. The minimum absolute atomic E-state index is 0.0487. The van der Waals surface area contributed by atoms with Crippen LogP contribution in [0.15, 0.2) is 46.9 Å². The largest absolute Gasteiger partial charge is 0.481 e. The molecule has 2 rings (SSSR count). The molecule has 0 unspecified atom stereocenters. The Kier molecular flexibility index (Phi) is 4.74. The zero-order valence-electron chi connectivity index (χ0n) is 10.8. The molecule has 20 heavy (non-hydrogen) atoms. The molecule has 0 saturated heterocycles. The zero-order valence-corrected chi connectivity index (χ0v) is 12.4. The standard InChI is InChI=1S/C15H13BrFNO2/c1-10-3-2-4-12(7-10)18-15(19)9-20-14-6-5-11(16)8-13(14)17/h2-8H,9H2,1H3,(H,18,19). The van der Waals surface area contributed by atoms with Gasteiger partial charge >= 0.3 is 0 Å². The van der Waals surface area contributed by atoms with Gasteiger partial charge in [0.2, 0.25) is 0 Å². The molecule has 0 fully saturated rings. The second kappa shape index (κ2) is 6.52. The fraction of sp³-hybridized carbons (Fsp3) is 0.133.